The molecule has 9 nitrogen and oxygen atoms in total. The smallest absolute Gasteiger partial charge is 0.325 e. The van der Waals surface area contributed by atoms with E-state index in [0.717, 1.165) is 15.0 Å². The summed E-state index contributed by atoms with van der Waals surface area (Å²) in [6.07, 6.45) is 0.300. The number of imide groups is 1. The number of amides is 4. The summed E-state index contributed by atoms with van der Waals surface area (Å²) >= 11 is 4.44. The van der Waals surface area contributed by atoms with E-state index in [1.54, 1.807) is 35.6 Å². The molecular formula is C20H17N5O4S3. The van der Waals surface area contributed by atoms with E-state index in [1.807, 2.05) is 17.5 Å². The topological polar surface area (TPSA) is 114 Å². The van der Waals surface area contributed by atoms with Crippen LogP contribution in [0.1, 0.15) is 16.9 Å². The fraction of sp³-hybridized carbons (Fsp3) is 0.250. The SMILES string of the molecule is O=C(CN1C(=O)N[C@]2(CCOc3ccccc32)C1=O)Nc1nnc(SCc2cccs2)s1. The van der Waals surface area contributed by atoms with E-state index in [9.17, 15) is 14.4 Å². The molecule has 0 bridgehead atoms. The van der Waals surface area contributed by atoms with Crippen molar-refractivity contribution in [2.45, 2.75) is 22.1 Å². The van der Waals surface area contributed by atoms with Gasteiger partial charge >= 0.3 is 6.03 Å². The van der Waals surface area contributed by atoms with Crippen LogP contribution in [0.25, 0.3) is 0 Å². The number of para-hydroxylation sites is 1. The predicted molar refractivity (Wildman–Crippen MR) is 121 cm³/mol. The van der Waals surface area contributed by atoms with Crippen molar-refractivity contribution in [3.63, 3.8) is 0 Å². The molecule has 0 saturated carbocycles. The van der Waals surface area contributed by atoms with Gasteiger partial charge in [-0.15, -0.1) is 21.5 Å². The number of nitrogens with zero attached hydrogens (tertiary/aromatic N) is 3. The molecule has 1 saturated heterocycles. The van der Waals surface area contributed by atoms with Crippen LogP contribution in [0.4, 0.5) is 9.93 Å². The molecule has 4 amide bonds. The highest BCUT2D eigenvalue weighted by Crippen LogP contribution is 2.41. The van der Waals surface area contributed by atoms with Crippen LogP contribution in [0.2, 0.25) is 0 Å². The third-order valence-corrected chi connectivity index (χ3v) is 8.21. The van der Waals surface area contributed by atoms with E-state index in [0.29, 0.717) is 29.5 Å². The number of nitrogens with one attached hydrogen (secondary N) is 2. The highest BCUT2D eigenvalue weighted by atomic mass is 32.2. The number of hydrogen-bond acceptors (Lipinski definition) is 9. The van der Waals surface area contributed by atoms with Gasteiger partial charge in [0.1, 0.15) is 12.3 Å². The second kappa shape index (κ2) is 8.52. The molecule has 1 spiro atoms. The van der Waals surface area contributed by atoms with Crippen molar-refractivity contribution < 1.29 is 19.1 Å². The molecule has 2 aliphatic rings. The van der Waals surface area contributed by atoms with Crippen LogP contribution in [-0.2, 0) is 20.9 Å². The molecule has 0 radical (unpaired) electrons. The molecular weight excluding hydrogens is 470 g/mol. The molecule has 0 unspecified atom stereocenters. The van der Waals surface area contributed by atoms with Gasteiger partial charge in [-0.1, -0.05) is 47.4 Å². The monoisotopic (exact) mass is 487 g/mol. The zero-order valence-corrected chi connectivity index (χ0v) is 19.0. The lowest BCUT2D eigenvalue weighted by Gasteiger charge is -2.33. The molecule has 1 atom stereocenters. The molecule has 4 heterocycles. The first kappa shape index (κ1) is 20.9. The molecule has 2 aromatic heterocycles. The zero-order valence-electron chi connectivity index (χ0n) is 16.6. The quantitative estimate of drug-likeness (QED) is 0.312. The lowest BCUT2D eigenvalue weighted by atomic mass is 9.84. The Hall–Kier alpha value is -2.96. The molecule has 0 aliphatic carbocycles. The van der Waals surface area contributed by atoms with Crippen LogP contribution in [0.15, 0.2) is 46.1 Å². The summed E-state index contributed by atoms with van der Waals surface area (Å²) in [5.74, 6) is 0.352. The third-order valence-electron chi connectivity index (χ3n) is 5.13. The van der Waals surface area contributed by atoms with Crippen molar-refractivity contribution in [2.75, 3.05) is 18.5 Å². The number of carbonyl (C=O) groups is 3. The number of carbonyl (C=O) groups excluding carboxylic acids is 3. The molecule has 1 aromatic carbocycles. The fourth-order valence-corrected chi connectivity index (χ4v) is 6.21. The van der Waals surface area contributed by atoms with Gasteiger partial charge < -0.3 is 10.1 Å². The van der Waals surface area contributed by atoms with Gasteiger partial charge in [0.15, 0.2) is 9.88 Å². The minimum atomic E-state index is -1.21. The molecule has 32 heavy (non-hydrogen) atoms. The first-order valence-electron chi connectivity index (χ1n) is 9.70. The molecule has 3 aromatic rings. The summed E-state index contributed by atoms with van der Waals surface area (Å²) in [5, 5.41) is 15.8. The summed E-state index contributed by atoms with van der Waals surface area (Å²) < 4.78 is 6.34. The maximum Gasteiger partial charge on any atom is 0.325 e. The number of thioether (sulfide) groups is 1. The van der Waals surface area contributed by atoms with Gasteiger partial charge in [0.2, 0.25) is 11.0 Å². The molecule has 12 heteroatoms. The number of aromatic nitrogens is 2. The Morgan fingerprint density at radius 1 is 1.25 bits per heavy atom. The summed E-state index contributed by atoms with van der Waals surface area (Å²) in [4.78, 5) is 40.5. The average Bonchev–Trinajstić information content (AvgIpc) is 3.51. The second-order valence-corrected chi connectivity index (χ2v) is 10.3. The van der Waals surface area contributed by atoms with E-state index in [1.165, 1.54) is 28.0 Å². The predicted octanol–water partition coefficient (Wildman–Crippen LogP) is 3.06. The van der Waals surface area contributed by atoms with Crippen LogP contribution in [-0.4, -0.2) is 46.1 Å². The van der Waals surface area contributed by atoms with Crippen molar-refractivity contribution in [2.24, 2.45) is 0 Å². The number of urea groups is 1. The number of thiophene rings is 1. The standard InChI is InChI=1S/C20H17N5O4S3/c26-15(21-17-23-24-19(32-17)31-11-12-4-3-9-30-12)10-25-16(27)20(22-18(25)28)7-8-29-14-6-2-1-5-13(14)20/h1-6,9H,7-8,10-11H2,(H,22,28)(H,21,23,26)/t20-/m0/s1. The Labute approximate surface area is 195 Å². The Morgan fingerprint density at radius 2 is 2.12 bits per heavy atom. The van der Waals surface area contributed by atoms with Crippen LogP contribution in [0.3, 0.4) is 0 Å². The molecule has 5 rings (SSSR count). The first-order valence-corrected chi connectivity index (χ1v) is 12.4. The van der Waals surface area contributed by atoms with E-state index < -0.39 is 29.9 Å². The van der Waals surface area contributed by atoms with Gasteiger partial charge in [0, 0.05) is 22.6 Å². The number of fused-ring (bicyclic) bond motifs is 2. The maximum atomic E-state index is 13.2. The Kier molecular flexibility index (Phi) is 5.57. The lowest BCUT2D eigenvalue weighted by Crippen LogP contribution is -2.48. The third kappa shape index (κ3) is 3.85. The van der Waals surface area contributed by atoms with Crippen LogP contribution >= 0.6 is 34.4 Å². The Balaban J connectivity index is 1.24. The zero-order chi connectivity index (χ0) is 22.1. The van der Waals surface area contributed by atoms with Crippen molar-refractivity contribution in [1.29, 1.82) is 0 Å². The summed E-state index contributed by atoms with van der Waals surface area (Å²) in [6.45, 7) is -0.119. The Morgan fingerprint density at radius 3 is 2.97 bits per heavy atom. The minimum Gasteiger partial charge on any atom is -0.493 e. The highest BCUT2D eigenvalue weighted by Gasteiger charge is 2.55. The van der Waals surface area contributed by atoms with Crippen molar-refractivity contribution in [3.05, 3.63) is 52.2 Å². The van der Waals surface area contributed by atoms with Gasteiger partial charge in [-0.25, -0.2) is 4.79 Å². The second-order valence-electron chi connectivity index (χ2n) is 7.11. The summed E-state index contributed by atoms with van der Waals surface area (Å²) in [7, 11) is 0. The van der Waals surface area contributed by atoms with Crippen molar-refractivity contribution >= 4 is 57.4 Å². The largest absolute Gasteiger partial charge is 0.493 e. The molecule has 2 aliphatic heterocycles. The number of ether oxygens (including phenoxy) is 1. The maximum absolute atomic E-state index is 13.2. The summed E-state index contributed by atoms with van der Waals surface area (Å²) in [6, 6.07) is 10.5. The highest BCUT2D eigenvalue weighted by molar-refractivity contribution is 8.00. The van der Waals surface area contributed by atoms with Crippen molar-refractivity contribution in [3.8, 4) is 5.75 Å². The van der Waals surface area contributed by atoms with E-state index >= 15 is 0 Å². The molecule has 164 valence electrons. The van der Waals surface area contributed by atoms with E-state index in [4.69, 9.17) is 4.74 Å². The van der Waals surface area contributed by atoms with Crippen LogP contribution in [0.5, 0.6) is 5.75 Å². The number of rotatable bonds is 6. The number of benzene rings is 1. The normalized spacial score (nSPS) is 19.6. The fourth-order valence-electron chi connectivity index (χ4n) is 3.66. The number of hydrogen-bond donors (Lipinski definition) is 2. The van der Waals surface area contributed by atoms with Gasteiger partial charge in [0.25, 0.3) is 5.91 Å². The van der Waals surface area contributed by atoms with Crippen LogP contribution in [0, 0.1) is 0 Å². The average molecular weight is 488 g/mol. The van der Waals surface area contributed by atoms with Gasteiger partial charge in [-0.2, -0.15) is 0 Å². The van der Waals surface area contributed by atoms with Crippen molar-refractivity contribution in [1.82, 2.24) is 20.4 Å². The Bertz CT molecular complexity index is 1180. The summed E-state index contributed by atoms with van der Waals surface area (Å²) in [5.41, 5.74) is -0.607. The van der Waals surface area contributed by atoms with E-state index in [2.05, 4.69) is 20.8 Å². The van der Waals surface area contributed by atoms with Crippen LogP contribution < -0.4 is 15.4 Å². The van der Waals surface area contributed by atoms with E-state index in [-0.39, 0.29) is 0 Å². The first-order chi connectivity index (χ1) is 15.5. The van der Waals surface area contributed by atoms with Gasteiger partial charge in [-0.05, 0) is 17.5 Å². The van der Waals surface area contributed by atoms with Gasteiger partial charge in [0.05, 0.1) is 6.61 Å². The minimum absolute atomic E-state index is 0.291. The molecule has 1 fully saturated rings. The number of anilines is 1. The molecule has 2 N–H and O–H groups in total. The van der Waals surface area contributed by atoms with Gasteiger partial charge in [-0.3, -0.25) is 19.8 Å². The lowest BCUT2D eigenvalue weighted by molar-refractivity contribution is -0.135.